The van der Waals surface area contributed by atoms with Crippen LogP contribution in [0, 0.1) is 17.0 Å². The van der Waals surface area contributed by atoms with Crippen molar-refractivity contribution in [3.05, 3.63) is 153 Å². The molecule has 11 heteroatoms. The standard InChI is InChI=1S/C34H25N7O3S/c1-23-32(29(37-38-33(42)27-18-20-35-21-19-27)17-14-24-12-15-28(16-13-24)41(43)44)45-34(36-23)40-31(26-10-6-3-7-11-26)22-30(39-40)25-8-4-2-5-9-25/h2-22H,1H3,(H,38,42)/b17-14-,37-29-. The first kappa shape index (κ1) is 29.0. The van der Waals surface area contributed by atoms with Crippen LogP contribution in [0.4, 0.5) is 5.69 Å². The van der Waals surface area contributed by atoms with Crippen molar-refractivity contribution in [1.82, 2.24) is 25.2 Å². The molecule has 0 atom stereocenters. The Kier molecular flexibility index (Phi) is 8.42. The Bertz CT molecular complexity index is 2020. The number of nitro groups is 1. The number of nitrogens with zero attached hydrogens (tertiary/aromatic N) is 6. The summed E-state index contributed by atoms with van der Waals surface area (Å²) < 4.78 is 1.83. The predicted octanol–water partition coefficient (Wildman–Crippen LogP) is 7.12. The van der Waals surface area contributed by atoms with Crippen molar-refractivity contribution in [2.45, 2.75) is 6.92 Å². The van der Waals surface area contributed by atoms with E-state index in [1.54, 1.807) is 36.4 Å². The third-order valence-electron chi connectivity index (χ3n) is 6.81. The molecule has 3 aromatic heterocycles. The van der Waals surface area contributed by atoms with Crippen LogP contribution in [-0.4, -0.2) is 36.3 Å². The molecule has 1 N–H and O–H groups in total. The monoisotopic (exact) mass is 611 g/mol. The van der Waals surface area contributed by atoms with Gasteiger partial charge in [0.05, 0.1) is 26.9 Å². The van der Waals surface area contributed by atoms with Crippen molar-refractivity contribution in [1.29, 1.82) is 0 Å². The van der Waals surface area contributed by atoms with E-state index in [1.807, 2.05) is 78.3 Å². The van der Waals surface area contributed by atoms with Gasteiger partial charge in [-0.25, -0.2) is 15.1 Å². The molecular weight excluding hydrogens is 586 g/mol. The summed E-state index contributed by atoms with van der Waals surface area (Å²) in [5, 5.41) is 21.1. The number of aryl methyl sites for hydroxylation is 1. The average Bonchev–Trinajstić information content (AvgIpc) is 3.70. The molecule has 1 amide bonds. The van der Waals surface area contributed by atoms with Crippen molar-refractivity contribution in [2.24, 2.45) is 5.10 Å². The largest absolute Gasteiger partial charge is 0.271 e. The Hall–Kier alpha value is -6.07. The van der Waals surface area contributed by atoms with Gasteiger partial charge >= 0.3 is 0 Å². The van der Waals surface area contributed by atoms with Crippen molar-refractivity contribution in [3.8, 4) is 27.6 Å². The van der Waals surface area contributed by atoms with Gasteiger partial charge in [0.25, 0.3) is 11.6 Å². The average molecular weight is 612 g/mol. The molecule has 0 aliphatic carbocycles. The van der Waals surface area contributed by atoms with E-state index < -0.39 is 10.8 Å². The summed E-state index contributed by atoms with van der Waals surface area (Å²) in [6.07, 6.45) is 6.59. The van der Waals surface area contributed by atoms with Crippen LogP contribution in [0.5, 0.6) is 0 Å². The Morgan fingerprint density at radius 2 is 1.60 bits per heavy atom. The van der Waals surface area contributed by atoms with Gasteiger partial charge in [-0.2, -0.15) is 10.2 Å². The van der Waals surface area contributed by atoms with Crippen molar-refractivity contribution in [2.75, 3.05) is 0 Å². The first-order valence-corrected chi connectivity index (χ1v) is 14.7. The third-order valence-corrected chi connectivity index (χ3v) is 7.96. The van der Waals surface area contributed by atoms with E-state index in [4.69, 9.17) is 10.1 Å². The molecule has 0 bridgehead atoms. The minimum absolute atomic E-state index is 0.00286. The summed E-state index contributed by atoms with van der Waals surface area (Å²) in [4.78, 5) is 33.0. The molecule has 3 heterocycles. The summed E-state index contributed by atoms with van der Waals surface area (Å²) in [6, 6.07) is 31.3. The second-order valence-corrected chi connectivity index (χ2v) is 10.8. The minimum Gasteiger partial charge on any atom is -0.267 e. The molecule has 0 unspecified atom stereocenters. The number of pyridine rings is 1. The van der Waals surface area contributed by atoms with Gasteiger partial charge in [-0.1, -0.05) is 78.1 Å². The van der Waals surface area contributed by atoms with Gasteiger partial charge in [0.1, 0.15) is 5.71 Å². The topological polar surface area (TPSA) is 128 Å². The lowest BCUT2D eigenvalue weighted by molar-refractivity contribution is -0.384. The Labute approximate surface area is 262 Å². The van der Waals surface area contributed by atoms with Crippen LogP contribution >= 0.6 is 11.3 Å². The van der Waals surface area contributed by atoms with Crippen LogP contribution in [0.1, 0.15) is 26.5 Å². The molecule has 45 heavy (non-hydrogen) atoms. The Morgan fingerprint density at radius 1 is 0.933 bits per heavy atom. The zero-order valence-electron chi connectivity index (χ0n) is 23.9. The molecule has 3 aromatic carbocycles. The number of amides is 1. The van der Waals surface area contributed by atoms with E-state index in [9.17, 15) is 14.9 Å². The van der Waals surface area contributed by atoms with Crippen molar-refractivity contribution < 1.29 is 9.72 Å². The van der Waals surface area contributed by atoms with E-state index in [0.717, 1.165) is 28.1 Å². The summed E-state index contributed by atoms with van der Waals surface area (Å²) in [6.45, 7) is 1.87. The van der Waals surface area contributed by atoms with Gasteiger partial charge in [-0.15, -0.1) is 0 Å². The van der Waals surface area contributed by atoms with E-state index in [-0.39, 0.29) is 5.69 Å². The number of benzene rings is 3. The molecule has 0 saturated heterocycles. The zero-order chi connectivity index (χ0) is 31.2. The number of nitrogens with one attached hydrogen (secondary N) is 1. The summed E-state index contributed by atoms with van der Waals surface area (Å²) in [5.74, 6) is -0.396. The molecule has 0 aliphatic rings. The molecular formula is C34H25N7O3S. The third kappa shape index (κ3) is 6.63. The number of nitro benzene ring substituents is 1. The molecule has 6 aromatic rings. The van der Waals surface area contributed by atoms with Crippen LogP contribution in [-0.2, 0) is 0 Å². The number of rotatable bonds is 9. The van der Waals surface area contributed by atoms with E-state index in [2.05, 4.69) is 15.5 Å². The number of hydrazone groups is 1. The van der Waals surface area contributed by atoms with Gasteiger partial charge in [-0.3, -0.25) is 19.9 Å². The highest BCUT2D eigenvalue weighted by molar-refractivity contribution is 7.16. The smallest absolute Gasteiger partial charge is 0.267 e. The second-order valence-electron chi connectivity index (χ2n) is 9.83. The van der Waals surface area contributed by atoms with E-state index >= 15 is 0 Å². The van der Waals surface area contributed by atoms with Crippen LogP contribution in [0.25, 0.3) is 33.7 Å². The zero-order valence-corrected chi connectivity index (χ0v) is 24.8. The van der Waals surface area contributed by atoms with E-state index in [0.29, 0.717) is 27.0 Å². The lowest BCUT2D eigenvalue weighted by atomic mass is 10.1. The summed E-state index contributed by atoms with van der Waals surface area (Å²) in [7, 11) is 0. The van der Waals surface area contributed by atoms with Crippen LogP contribution in [0.3, 0.4) is 0 Å². The lowest BCUT2D eigenvalue weighted by Gasteiger charge is -2.04. The molecule has 0 fully saturated rings. The number of hydrogen-bond donors (Lipinski definition) is 1. The normalized spacial score (nSPS) is 11.5. The molecule has 0 aliphatic heterocycles. The van der Waals surface area contributed by atoms with E-state index in [1.165, 1.54) is 35.9 Å². The van der Waals surface area contributed by atoms with Gasteiger partial charge in [0, 0.05) is 41.2 Å². The molecule has 10 nitrogen and oxygen atoms in total. The molecule has 0 saturated carbocycles. The van der Waals surface area contributed by atoms with Gasteiger partial charge in [0.15, 0.2) is 0 Å². The number of allylic oxidation sites excluding steroid dienone is 1. The first-order valence-electron chi connectivity index (χ1n) is 13.9. The second kappa shape index (κ2) is 13.1. The number of hydrogen-bond acceptors (Lipinski definition) is 8. The van der Waals surface area contributed by atoms with Crippen LogP contribution in [0.15, 0.2) is 127 Å². The number of aromatic nitrogens is 4. The number of carbonyl (C=O) groups excluding carboxylic acids is 1. The fraction of sp³-hybridized carbons (Fsp3) is 0.0294. The lowest BCUT2D eigenvalue weighted by Crippen LogP contribution is -2.19. The fourth-order valence-corrected chi connectivity index (χ4v) is 5.53. The number of non-ortho nitro benzene ring substituents is 1. The highest BCUT2D eigenvalue weighted by atomic mass is 32.1. The Morgan fingerprint density at radius 3 is 2.27 bits per heavy atom. The van der Waals surface area contributed by atoms with Gasteiger partial charge in [0.2, 0.25) is 5.13 Å². The number of carbonyl (C=O) groups is 1. The highest BCUT2D eigenvalue weighted by Crippen LogP contribution is 2.31. The maximum atomic E-state index is 12.8. The Balaban J connectivity index is 1.41. The summed E-state index contributed by atoms with van der Waals surface area (Å²) >= 11 is 1.38. The molecule has 0 spiro atoms. The van der Waals surface area contributed by atoms with Crippen LogP contribution < -0.4 is 5.43 Å². The fourth-order valence-electron chi connectivity index (χ4n) is 4.53. The maximum Gasteiger partial charge on any atom is 0.271 e. The number of thiazole rings is 1. The highest BCUT2D eigenvalue weighted by Gasteiger charge is 2.19. The van der Waals surface area contributed by atoms with Crippen molar-refractivity contribution in [3.63, 3.8) is 0 Å². The quantitative estimate of drug-likeness (QED) is 0.105. The summed E-state index contributed by atoms with van der Waals surface area (Å²) in [5.41, 5.74) is 8.55. The predicted molar refractivity (Wildman–Crippen MR) is 175 cm³/mol. The van der Waals surface area contributed by atoms with Gasteiger partial charge < -0.3 is 0 Å². The first-order chi connectivity index (χ1) is 22.0. The maximum absolute atomic E-state index is 12.8. The molecule has 220 valence electrons. The van der Waals surface area contributed by atoms with Gasteiger partial charge in [-0.05, 0) is 48.9 Å². The molecule has 0 radical (unpaired) electrons. The SMILES string of the molecule is Cc1nc(-n2nc(-c3ccccc3)cc2-c2ccccc2)sc1C(/C=C\c1ccc([N+](=O)[O-])cc1)=N\NC(=O)c1ccncc1. The van der Waals surface area contributed by atoms with Crippen LogP contribution in [0.2, 0.25) is 0 Å². The van der Waals surface area contributed by atoms with Crippen molar-refractivity contribution >= 4 is 34.7 Å². The molecule has 6 rings (SSSR count). The minimum atomic E-state index is -0.445.